The van der Waals surface area contributed by atoms with Crippen LogP contribution in [0.4, 0.5) is 0 Å². The summed E-state index contributed by atoms with van der Waals surface area (Å²) in [4.78, 5) is 24.0. The number of carbonyl (C=O) groups is 2. The molecular weight excluding hydrogens is 280 g/mol. The molecule has 0 heterocycles. The molecule has 5 nitrogen and oxygen atoms in total. The van der Waals surface area contributed by atoms with E-state index in [1.165, 1.54) is 0 Å². The number of benzene rings is 2. The van der Waals surface area contributed by atoms with Crippen molar-refractivity contribution in [3.8, 4) is 0 Å². The van der Waals surface area contributed by atoms with Crippen LogP contribution < -0.4 is 10.6 Å². The summed E-state index contributed by atoms with van der Waals surface area (Å²) in [5, 5.41) is 14.5. The zero-order valence-electron chi connectivity index (χ0n) is 12.0. The van der Waals surface area contributed by atoms with Gasteiger partial charge in [0.2, 0.25) is 5.91 Å². The molecule has 1 atom stereocenters. The molecule has 2 aromatic rings. The fourth-order valence-electron chi connectivity index (χ4n) is 1.93. The zero-order chi connectivity index (χ0) is 15.8. The van der Waals surface area contributed by atoms with E-state index in [-0.39, 0.29) is 0 Å². The average molecular weight is 298 g/mol. The maximum Gasteiger partial charge on any atom is 0.251 e. The Morgan fingerprint density at radius 3 is 2.14 bits per heavy atom. The van der Waals surface area contributed by atoms with Gasteiger partial charge in [0.25, 0.3) is 5.91 Å². The molecule has 0 spiro atoms. The van der Waals surface area contributed by atoms with E-state index < -0.39 is 24.5 Å². The predicted octanol–water partition coefficient (Wildman–Crippen LogP) is 1.09. The summed E-state index contributed by atoms with van der Waals surface area (Å²) < 4.78 is 0. The van der Waals surface area contributed by atoms with Crippen molar-refractivity contribution >= 4 is 11.8 Å². The number of nitrogens with one attached hydrogen (secondary N) is 2. The Labute approximate surface area is 129 Å². The summed E-state index contributed by atoms with van der Waals surface area (Å²) in [5.74, 6) is -0.815. The molecule has 0 radical (unpaired) electrons. The molecule has 1 unspecified atom stereocenters. The minimum absolute atomic E-state index is 0.345. The highest BCUT2D eigenvalue weighted by atomic mass is 16.3. The summed E-state index contributed by atoms with van der Waals surface area (Å²) in [7, 11) is 0. The van der Waals surface area contributed by atoms with Crippen molar-refractivity contribution in [1.29, 1.82) is 0 Å². The van der Waals surface area contributed by atoms with Crippen molar-refractivity contribution in [2.75, 3.05) is 6.61 Å². The van der Waals surface area contributed by atoms with Gasteiger partial charge in [-0.05, 0) is 17.7 Å². The van der Waals surface area contributed by atoms with Gasteiger partial charge < -0.3 is 15.7 Å². The zero-order valence-corrected chi connectivity index (χ0v) is 12.0. The van der Waals surface area contributed by atoms with E-state index >= 15 is 0 Å². The molecule has 5 heteroatoms. The van der Waals surface area contributed by atoms with Gasteiger partial charge >= 0.3 is 0 Å². The third kappa shape index (κ3) is 4.43. The molecule has 114 valence electrons. The van der Waals surface area contributed by atoms with Gasteiger partial charge in [-0.15, -0.1) is 0 Å². The third-order valence-corrected chi connectivity index (χ3v) is 3.15. The Hall–Kier alpha value is -2.66. The first-order valence-corrected chi connectivity index (χ1v) is 6.99. The van der Waals surface area contributed by atoms with Gasteiger partial charge in [0.1, 0.15) is 6.04 Å². The van der Waals surface area contributed by atoms with Gasteiger partial charge in [-0.1, -0.05) is 48.5 Å². The Morgan fingerprint density at radius 1 is 0.955 bits per heavy atom. The molecule has 3 N–H and O–H groups in total. The first kappa shape index (κ1) is 15.7. The summed E-state index contributed by atoms with van der Waals surface area (Å²) >= 11 is 0. The van der Waals surface area contributed by atoms with E-state index in [0.29, 0.717) is 12.1 Å². The van der Waals surface area contributed by atoms with Gasteiger partial charge in [-0.25, -0.2) is 0 Å². The number of hydrogen-bond acceptors (Lipinski definition) is 3. The minimum Gasteiger partial charge on any atom is -0.394 e. The standard InChI is InChI=1S/C17H18N2O3/c20-12-15(19-16(21)14-9-5-2-6-10-14)17(22)18-11-13-7-3-1-4-8-13/h1-10,15,20H,11-12H2,(H,18,22)(H,19,21). The lowest BCUT2D eigenvalue weighted by Gasteiger charge is -2.16. The van der Waals surface area contributed by atoms with E-state index in [4.69, 9.17) is 0 Å². The second kappa shape index (κ2) is 7.95. The van der Waals surface area contributed by atoms with Gasteiger partial charge in [0, 0.05) is 12.1 Å². The van der Waals surface area contributed by atoms with Crippen molar-refractivity contribution in [3.05, 3.63) is 71.8 Å². The van der Waals surface area contributed by atoms with E-state index in [1.807, 2.05) is 30.3 Å². The Bertz CT molecular complexity index is 614. The van der Waals surface area contributed by atoms with Crippen LogP contribution >= 0.6 is 0 Å². The highest BCUT2D eigenvalue weighted by Gasteiger charge is 2.20. The van der Waals surface area contributed by atoms with Crippen LogP contribution in [0.1, 0.15) is 15.9 Å². The van der Waals surface area contributed by atoms with Gasteiger partial charge in [-0.2, -0.15) is 0 Å². The second-order valence-electron chi connectivity index (χ2n) is 4.78. The lowest BCUT2D eigenvalue weighted by atomic mass is 10.2. The van der Waals surface area contributed by atoms with Crippen molar-refractivity contribution in [1.82, 2.24) is 10.6 Å². The fraction of sp³-hybridized carbons (Fsp3) is 0.176. The van der Waals surface area contributed by atoms with E-state index in [1.54, 1.807) is 30.3 Å². The maximum absolute atomic E-state index is 12.0. The van der Waals surface area contributed by atoms with Crippen LogP contribution in [0.5, 0.6) is 0 Å². The Balaban J connectivity index is 1.90. The van der Waals surface area contributed by atoms with E-state index in [0.717, 1.165) is 5.56 Å². The van der Waals surface area contributed by atoms with Crippen molar-refractivity contribution in [2.24, 2.45) is 0 Å². The first-order chi connectivity index (χ1) is 10.7. The van der Waals surface area contributed by atoms with Gasteiger partial charge in [-0.3, -0.25) is 9.59 Å². The number of hydrogen-bond donors (Lipinski definition) is 3. The quantitative estimate of drug-likeness (QED) is 0.747. The predicted molar refractivity (Wildman–Crippen MR) is 83.1 cm³/mol. The van der Waals surface area contributed by atoms with Crippen LogP contribution in [0.15, 0.2) is 60.7 Å². The molecule has 0 aromatic heterocycles. The number of carbonyl (C=O) groups excluding carboxylic acids is 2. The Morgan fingerprint density at radius 2 is 1.55 bits per heavy atom. The molecular formula is C17H18N2O3. The second-order valence-corrected chi connectivity index (χ2v) is 4.78. The molecule has 0 fully saturated rings. The van der Waals surface area contributed by atoms with Crippen LogP contribution in [-0.4, -0.2) is 29.6 Å². The number of aliphatic hydroxyl groups is 1. The molecule has 0 bridgehead atoms. The number of aliphatic hydroxyl groups excluding tert-OH is 1. The Kier molecular flexibility index (Phi) is 5.68. The molecule has 0 aliphatic rings. The molecule has 0 aliphatic carbocycles. The fourth-order valence-corrected chi connectivity index (χ4v) is 1.93. The van der Waals surface area contributed by atoms with Crippen LogP contribution in [0, 0.1) is 0 Å². The summed E-state index contributed by atoms with van der Waals surface area (Å²) in [6.45, 7) is -0.115. The van der Waals surface area contributed by atoms with Crippen LogP contribution in [0.3, 0.4) is 0 Å². The van der Waals surface area contributed by atoms with E-state index in [2.05, 4.69) is 10.6 Å². The lowest BCUT2D eigenvalue weighted by molar-refractivity contribution is -0.124. The van der Waals surface area contributed by atoms with Crippen LogP contribution in [-0.2, 0) is 11.3 Å². The van der Waals surface area contributed by atoms with Gasteiger partial charge in [0.15, 0.2) is 0 Å². The molecule has 22 heavy (non-hydrogen) atoms. The molecule has 2 aromatic carbocycles. The van der Waals surface area contributed by atoms with Crippen molar-refractivity contribution in [2.45, 2.75) is 12.6 Å². The van der Waals surface area contributed by atoms with Gasteiger partial charge in [0.05, 0.1) is 6.61 Å². The smallest absolute Gasteiger partial charge is 0.251 e. The molecule has 0 aliphatic heterocycles. The molecule has 2 rings (SSSR count). The highest BCUT2D eigenvalue weighted by Crippen LogP contribution is 2.00. The van der Waals surface area contributed by atoms with Crippen LogP contribution in [0.2, 0.25) is 0 Å². The molecule has 0 saturated carbocycles. The third-order valence-electron chi connectivity index (χ3n) is 3.15. The SMILES string of the molecule is O=C(NC(CO)C(=O)NCc1ccccc1)c1ccccc1. The summed E-state index contributed by atoms with van der Waals surface area (Å²) in [6, 6.07) is 17.0. The summed E-state index contributed by atoms with van der Waals surface area (Å²) in [5.41, 5.74) is 1.39. The molecule has 0 saturated heterocycles. The highest BCUT2D eigenvalue weighted by molar-refractivity contribution is 5.97. The van der Waals surface area contributed by atoms with E-state index in [9.17, 15) is 14.7 Å². The number of rotatable bonds is 6. The number of amides is 2. The largest absolute Gasteiger partial charge is 0.394 e. The van der Waals surface area contributed by atoms with Crippen LogP contribution in [0.25, 0.3) is 0 Å². The molecule has 2 amide bonds. The normalized spacial score (nSPS) is 11.5. The van der Waals surface area contributed by atoms with Crippen molar-refractivity contribution < 1.29 is 14.7 Å². The maximum atomic E-state index is 12.0. The minimum atomic E-state index is -0.976. The average Bonchev–Trinajstić information content (AvgIpc) is 2.59. The summed E-state index contributed by atoms with van der Waals surface area (Å²) in [6.07, 6.45) is 0. The van der Waals surface area contributed by atoms with Crippen molar-refractivity contribution in [3.63, 3.8) is 0 Å². The lowest BCUT2D eigenvalue weighted by Crippen LogP contribution is -2.48. The first-order valence-electron chi connectivity index (χ1n) is 6.99. The topological polar surface area (TPSA) is 78.4 Å². The monoisotopic (exact) mass is 298 g/mol.